The third-order valence-corrected chi connectivity index (χ3v) is 3.93. The van der Waals surface area contributed by atoms with Gasteiger partial charge < -0.3 is 20.9 Å². The standard InChI is InChI=1S/C18H27F2N5O/c1-18(2,3)24-16(26)10-22-17(21-4)23-13-7-8-25(11-13)15-6-5-12(19)9-14(15)20/h5-6,9,13H,7-8,10-11H2,1-4H3,(H,24,26)(H2,21,22,23). The van der Waals surface area contributed by atoms with Gasteiger partial charge in [-0.2, -0.15) is 0 Å². The van der Waals surface area contributed by atoms with Gasteiger partial charge in [0.2, 0.25) is 5.91 Å². The van der Waals surface area contributed by atoms with Crippen LogP contribution in [0.2, 0.25) is 0 Å². The zero-order valence-electron chi connectivity index (χ0n) is 15.7. The molecule has 1 unspecified atom stereocenters. The predicted molar refractivity (Wildman–Crippen MR) is 99.4 cm³/mol. The average molecular weight is 367 g/mol. The molecule has 2 rings (SSSR count). The van der Waals surface area contributed by atoms with Crippen LogP contribution in [-0.2, 0) is 4.79 Å². The van der Waals surface area contributed by atoms with E-state index in [-0.39, 0.29) is 24.0 Å². The zero-order valence-corrected chi connectivity index (χ0v) is 15.7. The first-order valence-electron chi connectivity index (χ1n) is 8.66. The number of aliphatic imine (C=N–C) groups is 1. The molecule has 1 aromatic carbocycles. The zero-order chi connectivity index (χ0) is 19.3. The number of carbonyl (C=O) groups is 1. The molecule has 0 bridgehead atoms. The Bertz CT molecular complexity index is 672. The minimum atomic E-state index is -0.585. The third kappa shape index (κ3) is 5.86. The van der Waals surface area contributed by atoms with Crippen LogP contribution in [0.1, 0.15) is 27.2 Å². The molecule has 0 radical (unpaired) electrons. The van der Waals surface area contributed by atoms with Gasteiger partial charge in [0, 0.05) is 37.8 Å². The van der Waals surface area contributed by atoms with Crippen LogP contribution in [-0.4, -0.2) is 50.1 Å². The molecule has 1 fully saturated rings. The summed E-state index contributed by atoms with van der Waals surface area (Å²) in [5.41, 5.74) is 0.101. The molecule has 0 saturated carbocycles. The van der Waals surface area contributed by atoms with Gasteiger partial charge in [0.05, 0.1) is 12.2 Å². The van der Waals surface area contributed by atoms with Crippen molar-refractivity contribution in [3.05, 3.63) is 29.8 Å². The van der Waals surface area contributed by atoms with Crippen LogP contribution < -0.4 is 20.9 Å². The van der Waals surface area contributed by atoms with E-state index in [0.717, 1.165) is 12.5 Å². The number of amides is 1. The largest absolute Gasteiger partial charge is 0.367 e. The van der Waals surface area contributed by atoms with Crippen LogP contribution in [0.15, 0.2) is 23.2 Å². The summed E-state index contributed by atoms with van der Waals surface area (Å²) < 4.78 is 27.0. The van der Waals surface area contributed by atoms with Crippen LogP contribution in [0.3, 0.4) is 0 Å². The summed E-state index contributed by atoms with van der Waals surface area (Å²) in [5.74, 6) is -0.757. The highest BCUT2D eigenvalue weighted by molar-refractivity contribution is 5.86. The molecule has 1 heterocycles. The Kier molecular flexibility index (Phi) is 6.39. The Balaban J connectivity index is 1.85. The molecular formula is C18H27F2N5O. The number of nitrogens with zero attached hydrogens (tertiary/aromatic N) is 2. The second-order valence-corrected chi connectivity index (χ2v) is 7.40. The molecule has 0 spiro atoms. The van der Waals surface area contributed by atoms with E-state index in [1.54, 1.807) is 7.05 Å². The summed E-state index contributed by atoms with van der Waals surface area (Å²) in [6.45, 7) is 7.08. The Morgan fingerprint density at radius 1 is 1.35 bits per heavy atom. The SMILES string of the molecule is CN=C(NCC(=O)NC(C)(C)C)NC1CCN(c2ccc(F)cc2F)C1. The van der Waals surface area contributed by atoms with Crippen molar-refractivity contribution in [3.8, 4) is 0 Å². The molecule has 26 heavy (non-hydrogen) atoms. The lowest BCUT2D eigenvalue weighted by atomic mass is 10.1. The van der Waals surface area contributed by atoms with Crippen molar-refractivity contribution in [1.82, 2.24) is 16.0 Å². The second-order valence-electron chi connectivity index (χ2n) is 7.40. The fourth-order valence-electron chi connectivity index (χ4n) is 2.85. The smallest absolute Gasteiger partial charge is 0.239 e. The lowest BCUT2D eigenvalue weighted by Crippen LogP contribution is -2.50. The minimum absolute atomic E-state index is 0.0522. The van der Waals surface area contributed by atoms with Crippen LogP contribution in [0, 0.1) is 11.6 Å². The van der Waals surface area contributed by atoms with Crippen LogP contribution >= 0.6 is 0 Å². The molecule has 0 aromatic heterocycles. The van der Waals surface area contributed by atoms with Gasteiger partial charge in [-0.05, 0) is 39.3 Å². The molecular weight excluding hydrogens is 340 g/mol. The van der Waals surface area contributed by atoms with Gasteiger partial charge in [-0.3, -0.25) is 9.79 Å². The van der Waals surface area contributed by atoms with Crippen molar-refractivity contribution in [3.63, 3.8) is 0 Å². The highest BCUT2D eigenvalue weighted by Gasteiger charge is 2.25. The van der Waals surface area contributed by atoms with E-state index in [4.69, 9.17) is 0 Å². The Morgan fingerprint density at radius 2 is 2.08 bits per heavy atom. The third-order valence-electron chi connectivity index (χ3n) is 3.93. The molecule has 1 aliphatic rings. The van der Waals surface area contributed by atoms with E-state index < -0.39 is 11.6 Å². The van der Waals surface area contributed by atoms with Gasteiger partial charge in [-0.1, -0.05) is 0 Å². The van der Waals surface area contributed by atoms with Crippen LogP contribution in [0.4, 0.5) is 14.5 Å². The van der Waals surface area contributed by atoms with Crippen molar-refractivity contribution in [1.29, 1.82) is 0 Å². The second kappa shape index (κ2) is 8.33. The van der Waals surface area contributed by atoms with Crippen LogP contribution in [0.25, 0.3) is 0 Å². The molecule has 1 aromatic rings. The van der Waals surface area contributed by atoms with E-state index in [9.17, 15) is 13.6 Å². The van der Waals surface area contributed by atoms with Gasteiger partial charge >= 0.3 is 0 Å². The number of carbonyl (C=O) groups excluding carboxylic acids is 1. The molecule has 1 atom stereocenters. The molecule has 8 heteroatoms. The van der Waals surface area contributed by atoms with Gasteiger partial charge in [0.1, 0.15) is 11.6 Å². The fourth-order valence-corrected chi connectivity index (χ4v) is 2.85. The minimum Gasteiger partial charge on any atom is -0.367 e. The first kappa shape index (κ1) is 19.9. The molecule has 144 valence electrons. The number of benzene rings is 1. The maximum atomic E-state index is 13.9. The van der Waals surface area contributed by atoms with Gasteiger partial charge in [-0.15, -0.1) is 0 Å². The van der Waals surface area contributed by atoms with E-state index in [2.05, 4.69) is 20.9 Å². The maximum absolute atomic E-state index is 13.9. The van der Waals surface area contributed by atoms with Crippen molar-refractivity contribution in [2.45, 2.75) is 38.8 Å². The first-order chi connectivity index (χ1) is 12.2. The Hall–Kier alpha value is -2.38. The van der Waals surface area contributed by atoms with Gasteiger partial charge in [0.25, 0.3) is 0 Å². The molecule has 3 N–H and O–H groups in total. The summed E-state index contributed by atoms with van der Waals surface area (Å²) >= 11 is 0. The molecule has 6 nitrogen and oxygen atoms in total. The number of guanidine groups is 1. The molecule has 0 aliphatic carbocycles. The van der Waals surface area contributed by atoms with Gasteiger partial charge in [-0.25, -0.2) is 8.78 Å². The average Bonchev–Trinajstić information content (AvgIpc) is 2.98. The number of hydrogen-bond donors (Lipinski definition) is 3. The van der Waals surface area contributed by atoms with Crippen molar-refractivity contribution in [2.75, 3.05) is 31.6 Å². The normalized spacial score (nSPS) is 18.0. The van der Waals surface area contributed by atoms with E-state index in [1.165, 1.54) is 12.1 Å². The number of halogens is 2. The summed E-state index contributed by atoms with van der Waals surface area (Å²) in [4.78, 5) is 17.9. The molecule has 1 saturated heterocycles. The topological polar surface area (TPSA) is 68.8 Å². The van der Waals surface area contributed by atoms with Crippen molar-refractivity contribution < 1.29 is 13.6 Å². The van der Waals surface area contributed by atoms with Crippen LogP contribution in [0.5, 0.6) is 0 Å². The molecule has 1 aliphatic heterocycles. The Labute approximate surface area is 153 Å². The predicted octanol–water partition coefficient (Wildman–Crippen LogP) is 1.62. The fraction of sp³-hybridized carbons (Fsp3) is 0.556. The summed E-state index contributed by atoms with van der Waals surface area (Å²) in [6, 6.07) is 3.66. The lowest BCUT2D eigenvalue weighted by molar-refractivity contribution is -0.121. The van der Waals surface area contributed by atoms with Crippen molar-refractivity contribution >= 4 is 17.6 Å². The van der Waals surface area contributed by atoms with Crippen molar-refractivity contribution in [2.24, 2.45) is 4.99 Å². The molecule has 1 amide bonds. The summed E-state index contributed by atoms with van der Waals surface area (Å²) in [5, 5.41) is 9.08. The maximum Gasteiger partial charge on any atom is 0.239 e. The highest BCUT2D eigenvalue weighted by Crippen LogP contribution is 2.24. The number of nitrogens with one attached hydrogen (secondary N) is 3. The van der Waals surface area contributed by atoms with Gasteiger partial charge in [0.15, 0.2) is 5.96 Å². The quantitative estimate of drug-likeness (QED) is 0.559. The summed E-state index contributed by atoms with van der Waals surface area (Å²) in [7, 11) is 1.63. The Morgan fingerprint density at radius 3 is 2.69 bits per heavy atom. The summed E-state index contributed by atoms with van der Waals surface area (Å²) in [6.07, 6.45) is 0.783. The highest BCUT2D eigenvalue weighted by atomic mass is 19.1. The van der Waals surface area contributed by atoms with E-state index >= 15 is 0 Å². The van der Waals surface area contributed by atoms with E-state index in [1.807, 2.05) is 25.7 Å². The lowest BCUT2D eigenvalue weighted by Gasteiger charge is -2.22. The first-order valence-corrected chi connectivity index (χ1v) is 8.66. The number of anilines is 1. The van der Waals surface area contributed by atoms with E-state index in [0.29, 0.717) is 24.7 Å². The number of rotatable bonds is 4. The number of hydrogen-bond acceptors (Lipinski definition) is 3. The monoisotopic (exact) mass is 367 g/mol.